The Kier molecular flexibility index (Phi) is 7.09. The monoisotopic (exact) mass is 493 g/mol. The zero-order valence-corrected chi connectivity index (χ0v) is 19.8. The number of anilines is 1. The Labute approximate surface area is 197 Å². The summed E-state index contributed by atoms with van der Waals surface area (Å²) in [5, 5.41) is 3.49. The number of amides is 2. The molecule has 0 aromatic heterocycles. The Hall–Kier alpha value is -2.07. The lowest BCUT2D eigenvalue weighted by atomic mass is 10.1. The van der Waals surface area contributed by atoms with Crippen LogP contribution in [-0.4, -0.2) is 56.5 Å². The third kappa shape index (κ3) is 5.11. The van der Waals surface area contributed by atoms with Gasteiger partial charge in [-0.05, 0) is 55.2 Å². The lowest BCUT2D eigenvalue weighted by molar-refractivity contribution is -0.122. The molecule has 2 aliphatic heterocycles. The van der Waals surface area contributed by atoms with Crippen LogP contribution < -0.4 is 10.2 Å². The first-order chi connectivity index (χ1) is 15.3. The van der Waals surface area contributed by atoms with Gasteiger partial charge in [0.1, 0.15) is 6.54 Å². The fourth-order valence-corrected chi connectivity index (χ4v) is 6.37. The molecule has 170 valence electrons. The molecule has 0 bridgehead atoms. The summed E-state index contributed by atoms with van der Waals surface area (Å²) in [5.41, 5.74) is 1.52. The Bertz CT molecular complexity index is 1120. The molecule has 0 saturated carbocycles. The largest absolute Gasteiger partial charge is 0.354 e. The molecule has 2 amide bonds. The van der Waals surface area contributed by atoms with E-state index in [0.29, 0.717) is 36.8 Å². The van der Waals surface area contributed by atoms with Crippen LogP contribution in [0.2, 0.25) is 5.02 Å². The molecular formula is C22H24ClN3O4S2. The maximum Gasteiger partial charge on any atom is 0.243 e. The molecule has 0 radical (unpaired) electrons. The fourth-order valence-electron chi connectivity index (χ4n) is 3.79. The number of hydrogen-bond donors (Lipinski definition) is 1. The number of fused-ring (bicyclic) bond motifs is 1. The van der Waals surface area contributed by atoms with Crippen LogP contribution >= 0.6 is 23.4 Å². The van der Waals surface area contributed by atoms with Crippen LogP contribution in [0.25, 0.3) is 0 Å². The Morgan fingerprint density at radius 1 is 1.09 bits per heavy atom. The van der Waals surface area contributed by atoms with E-state index in [9.17, 15) is 18.0 Å². The molecule has 32 heavy (non-hydrogen) atoms. The summed E-state index contributed by atoms with van der Waals surface area (Å²) in [6.07, 6.45) is 2.34. The van der Waals surface area contributed by atoms with Gasteiger partial charge in [-0.1, -0.05) is 23.7 Å². The zero-order chi connectivity index (χ0) is 22.7. The molecule has 1 saturated heterocycles. The number of benzene rings is 2. The number of carbonyl (C=O) groups is 2. The first kappa shape index (κ1) is 23.1. The third-order valence-corrected chi connectivity index (χ3v) is 8.72. The summed E-state index contributed by atoms with van der Waals surface area (Å²) in [6, 6.07) is 12.2. The second-order valence-corrected chi connectivity index (χ2v) is 11.1. The lowest BCUT2D eigenvalue weighted by Gasteiger charge is -2.29. The predicted octanol–water partition coefficient (Wildman–Crippen LogP) is 2.92. The number of sulfonamides is 1. The van der Waals surface area contributed by atoms with Gasteiger partial charge in [-0.2, -0.15) is 4.31 Å². The van der Waals surface area contributed by atoms with E-state index in [4.69, 9.17) is 11.6 Å². The van der Waals surface area contributed by atoms with Gasteiger partial charge in [-0.15, -0.1) is 11.8 Å². The van der Waals surface area contributed by atoms with Gasteiger partial charge >= 0.3 is 0 Å². The molecule has 0 spiro atoms. The van der Waals surface area contributed by atoms with Crippen LogP contribution in [0.5, 0.6) is 0 Å². The van der Waals surface area contributed by atoms with E-state index in [2.05, 4.69) is 5.32 Å². The highest BCUT2D eigenvalue weighted by Gasteiger charge is 2.31. The number of nitrogens with one attached hydrogen (secondary N) is 1. The first-order valence-electron chi connectivity index (χ1n) is 10.4. The fraction of sp³-hybridized carbons (Fsp3) is 0.364. The van der Waals surface area contributed by atoms with Crippen LogP contribution in [0.1, 0.15) is 18.4 Å². The van der Waals surface area contributed by atoms with Crippen LogP contribution in [0.15, 0.2) is 52.3 Å². The Morgan fingerprint density at radius 3 is 2.53 bits per heavy atom. The highest BCUT2D eigenvalue weighted by molar-refractivity contribution is 8.00. The van der Waals surface area contributed by atoms with Crippen LogP contribution in [0, 0.1) is 0 Å². The van der Waals surface area contributed by atoms with Crippen molar-refractivity contribution in [2.45, 2.75) is 29.1 Å². The molecule has 1 N–H and O–H groups in total. The average Bonchev–Trinajstić information content (AvgIpc) is 3.33. The first-order valence-corrected chi connectivity index (χ1v) is 13.2. The minimum absolute atomic E-state index is 0.153. The molecule has 7 nitrogen and oxygen atoms in total. The summed E-state index contributed by atoms with van der Waals surface area (Å²) in [4.78, 5) is 27.5. The number of thioether (sulfide) groups is 1. The predicted molar refractivity (Wildman–Crippen MR) is 126 cm³/mol. The molecule has 0 atom stereocenters. The molecule has 2 aromatic rings. The molecule has 10 heteroatoms. The molecule has 2 heterocycles. The van der Waals surface area contributed by atoms with Gasteiger partial charge in [-0.25, -0.2) is 8.42 Å². The van der Waals surface area contributed by atoms with Crippen molar-refractivity contribution in [1.82, 2.24) is 9.62 Å². The Balaban J connectivity index is 1.45. The van der Waals surface area contributed by atoms with Crippen LogP contribution in [0.4, 0.5) is 5.69 Å². The zero-order valence-electron chi connectivity index (χ0n) is 17.4. The lowest BCUT2D eigenvalue weighted by Crippen LogP contribution is -2.43. The molecule has 0 unspecified atom stereocenters. The second kappa shape index (κ2) is 9.82. The standard InChI is InChI=1S/C22H24ClN3O4S2/c23-17-5-3-16(4-6-17)9-10-24-21(27)14-26-19-13-18(7-8-20(19)31-15-22(26)28)32(29,30)25-11-1-2-12-25/h3-8,13H,1-2,9-12,14-15H2,(H,24,27). The van der Waals surface area contributed by atoms with Crippen molar-refractivity contribution >= 4 is 50.9 Å². The summed E-state index contributed by atoms with van der Waals surface area (Å²) < 4.78 is 27.4. The average molecular weight is 494 g/mol. The van der Waals surface area contributed by atoms with E-state index in [1.807, 2.05) is 12.1 Å². The van der Waals surface area contributed by atoms with Gasteiger partial charge in [-0.3, -0.25) is 9.59 Å². The summed E-state index contributed by atoms with van der Waals surface area (Å²) in [7, 11) is -3.61. The van der Waals surface area contributed by atoms with Crippen LogP contribution in [0.3, 0.4) is 0 Å². The quantitative estimate of drug-likeness (QED) is 0.640. The van der Waals surface area contributed by atoms with Gasteiger partial charge < -0.3 is 10.2 Å². The topological polar surface area (TPSA) is 86.8 Å². The molecule has 1 fully saturated rings. The Morgan fingerprint density at radius 2 is 1.81 bits per heavy atom. The molecule has 2 aromatic carbocycles. The smallest absolute Gasteiger partial charge is 0.243 e. The van der Waals surface area contributed by atoms with Crippen molar-refractivity contribution in [3.8, 4) is 0 Å². The van der Waals surface area contributed by atoms with E-state index in [1.165, 1.54) is 27.0 Å². The molecule has 0 aliphatic carbocycles. The van der Waals surface area contributed by atoms with E-state index in [0.717, 1.165) is 23.3 Å². The number of rotatable bonds is 7. The van der Waals surface area contributed by atoms with Gasteiger partial charge in [0.05, 0.1) is 16.3 Å². The van der Waals surface area contributed by atoms with E-state index in [-0.39, 0.29) is 29.0 Å². The number of carbonyl (C=O) groups excluding carboxylic acids is 2. The molecular weight excluding hydrogens is 470 g/mol. The molecule has 4 rings (SSSR count). The van der Waals surface area contributed by atoms with Crippen LogP contribution in [-0.2, 0) is 26.0 Å². The van der Waals surface area contributed by atoms with Crippen molar-refractivity contribution < 1.29 is 18.0 Å². The van der Waals surface area contributed by atoms with E-state index < -0.39 is 10.0 Å². The van der Waals surface area contributed by atoms with Crippen molar-refractivity contribution in [2.24, 2.45) is 0 Å². The number of nitrogens with zero attached hydrogens (tertiary/aromatic N) is 2. The minimum Gasteiger partial charge on any atom is -0.354 e. The third-order valence-electron chi connectivity index (χ3n) is 5.53. The maximum atomic E-state index is 13.0. The second-order valence-electron chi connectivity index (χ2n) is 7.74. The summed E-state index contributed by atoms with van der Waals surface area (Å²) >= 11 is 7.24. The summed E-state index contributed by atoms with van der Waals surface area (Å²) in [6.45, 7) is 1.29. The number of hydrogen-bond acceptors (Lipinski definition) is 5. The summed E-state index contributed by atoms with van der Waals surface area (Å²) in [5.74, 6) is -0.299. The van der Waals surface area contributed by atoms with Crippen molar-refractivity contribution in [1.29, 1.82) is 0 Å². The van der Waals surface area contributed by atoms with Gasteiger partial charge in [0.2, 0.25) is 21.8 Å². The minimum atomic E-state index is -3.61. The van der Waals surface area contributed by atoms with Gasteiger partial charge in [0, 0.05) is 29.6 Å². The van der Waals surface area contributed by atoms with Gasteiger partial charge in [0.25, 0.3) is 0 Å². The van der Waals surface area contributed by atoms with Crippen molar-refractivity contribution in [2.75, 3.05) is 36.8 Å². The molecule has 2 aliphatic rings. The van der Waals surface area contributed by atoms with Crippen molar-refractivity contribution in [3.63, 3.8) is 0 Å². The van der Waals surface area contributed by atoms with E-state index >= 15 is 0 Å². The van der Waals surface area contributed by atoms with E-state index in [1.54, 1.807) is 24.3 Å². The highest BCUT2D eigenvalue weighted by Crippen LogP contribution is 2.37. The van der Waals surface area contributed by atoms with Crippen molar-refractivity contribution in [3.05, 3.63) is 53.1 Å². The SMILES string of the molecule is O=C(CN1C(=O)CSc2ccc(S(=O)(=O)N3CCCC3)cc21)NCCc1ccc(Cl)cc1. The number of halogens is 1. The highest BCUT2D eigenvalue weighted by atomic mass is 35.5. The normalized spacial score (nSPS) is 16.8. The maximum absolute atomic E-state index is 13.0. The van der Waals surface area contributed by atoms with Gasteiger partial charge in [0.15, 0.2) is 0 Å².